The van der Waals surface area contributed by atoms with Gasteiger partial charge in [0.05, 0.1) is 28.5 Å². The molecule has 1 aliphatic heterocycles. The summed E-state index contributed by atoms with van der Waals surface area (Å²) in [4.78, 5) is 26.3. The second-order valence-corrected chi connectivity index (χ2v) is 4.69. The van der Waals surface area contributed by atoms with Gasteiger partial charge in [-0.3, -0.25) is 21.0 Å². The standard InChI is InChI=1S/C15H16N4O4/c1-4-23-15(20)13-9(2)14(16-10(13)3)18-17-11-6-5-7-12(8-11)19(21)22/h5-8,17H,3-4H2,1-2H3,(H,16,18). The molecule has 1 aromatic rings. The highest BCUT2D eigenvalue weighted by atomic mass is 16.6. The fourth-order valence-corrected chi connectivity index (χ4v) is 2.03. The lowest BCUT2D eigenvalue weighted by Crippen LogP contribution is -2.29. The number of anilines is 1. The fraction of sp³-hybridized carbons (Fsp3) is 0.200. The summed E-state index contributed by atoms with van der Waals surface area (Å²) in [5.74, 6) is -0.0736. The van der Waals surface area contributed by atoms with Crippen LogP contribution in [-0.2, 0) is 9.53 Å². The van der Waals surface area contributed by atoms with Crippen molar-refractivity contribution in [2.75, 3.05) is 12.0 Å². The van der Waals surface area contributed by atoms with Crippen molar-refractivity contribution in [1.29, 1.82) is 0 Å². The summed E-state index contributed by atoms with van der Waals surface area (Å²) in [5, 5.41) is 10.8. The number of ether oxygens (including phenoxy) is 1. The fourth-order valence-electron chi connectivity index (χ4n) is 2.03. The Hall–Kier alpha value is -3.16. The maximum Gasteiger partial charge on any atom is 0.340 e. The Morgan fingerprint density at radius 1 is 1.43 bits per heavy atom. The Labute approximate surface area is 132 Å². The molecule has 0 radical (unpaired) electrons. The lowest BCUT2D eigenvalue weighted by atomic mass is 10.1. The van der Waals surface area contributed by atoms with Crippen LogP contribution in [0.15, 0.2) is 52.7 Å². The maximum absolute atomic E-state index is 11.9. The van der Waals surface area contributed by atoms with Gasteiger partial charge in [-0.05, 0) is 19.9 Å². The number of nitro benzene ring substituents is 1. The number of aliphatic imine (C=N–C) groups is 1. The normalized spacial score (nSPS) is 13.7. The molecule has 0 saturated carbocycles. The zero-order valence-corrected chi connectivity index (χ0v) is 12.8. The van der Waals surface area contributed by atoms with Crippen molar-refractivity contribution in [3.05, 3.63) is 57.8 Å². The Morgan fingerprint density at radius 2 is 2.17 bits per heavy atom. The molecule has 0 fully saturated rings. The first-order valence-electron chi connectivity index (χ1n) is 6.86. The van der Waals surface area contributed by atoms with Gasteiger partial charge >= 0.3 is 5.97 Å². The monoisotopic (exact) mass is 316 g/mol. The van der Waals surface area contributed by atoms with Crippen LogP contribution in [0, 0.1) is 10.1 Å². The third-order valence-corrected chi connectivity index (χ3v) is 3.13. The highest BCUT2D eigenvalue weighted by Crippen LogP contribution is 2.24. The van der Waals surface area contributed by atoms with E-state index in [2.05, 4.69) is 22.4 Å². The summed E-state index contributed by atoms with van der Waals surface area (Å²) in [5.41, 5.74) is 7.30. The topological polar surface area (TPSA) is 106 Å². The molecule has 0 saturated heterocycles. The zero-order valence-electron chi connectivity index (χ0n) is 12.8. The first-order chi connectivity index (χ1) is 10.9. The average molecular weight is 316 g/mol. The van der Waals surface area contributed by atoms with E-state index in [1.165, 1.54) is 12.1 Å². The van der Waals surface area contributed by atoms with Crippen molar-refractivity contribution in [3.63, 3.8) is 0 Å². The molecule has 2 rings (SSSR count). The van der Waals surface area contributed by atoms with Crippen molar-refractivity contribution >= 4 is 23.2 Å². The first kappa shape index (κ1) is 16.2. The van der Waals surface area contributed by atoms with Crippen LogP contribution in [0.25, 0.3) is 0 Å². The molecule has 8 heteroatoms. The number of nitro groups is 1. The molecular formula is C15H16N4O4. The van der Waals surface area contributed by atoms with E-state index in [1.54, 1.807) is 26.0 Å². The van der Waals surface area contributed by atoms with E-state index >= 15 is 0 Å². The average Bonchev–Trinajstić information content (AvgIpc) is 2.80. The maximum atomic E-state index is 11.9. The summed E-state index contributed by atoms with van der Waals surface area (Å²) < 4.78 is 4.97. The van der Waals surface area contributed by atoms with Crippen molar-refractivity contribution < 1.29 is 14.5 Å². The number of amidine groups is 1. The SMILES string of the molecule is C=C1N=C(NNc2cccc([N+](=O)[O-])c2)C(C)=C1C(=O)OCC. The number of hydrogen-bond acceptors (Lipinski definition) is 7. The van der Waals surface area contributed by atoms with Crippen LogP contribution in [0.2, 0.25) is 0 Å². The minimum atomic E-state index is -0.482. The molecule has 1 aromatic carbocycles. The third kappa shape index (κ3) is 3.54. The molecule has 1 aliphatic rings. The van der Waals surface area contributed by atoms with Crippen LogP contribution in [0.5, 0.6) is 0 Å². The summed E-state index contributed by atoms with van der Waals surface area (Å²) in [6.45, 7) is 7.42. The zero-order chi connectivity index (χ0) is 17.0. The summed E-state index contributed by atoms with van der Waals surface area (Å²) in [6.07, 6.45) is 0. The van der Waals surface area contributed by atoms with Gasteiger partial charge in [-0.25, -0.2) is 9.79 Å². The second kappa shape index (κ2) is 6.73. The van der Waals surface area contributed by atoms with Crippen LogP contribution in [0.3, 0.4) is 0 Å². The first-order valence-corrected chi connectivity index (χ1v) is 6.86. The Balaban J connectivity index is 2.11. The molecule has 0 aromatic heterocycles. The molecule has 0 unspecified atom stereocenters. The minimum absolute atomic E-state index is 0.0333. The number of non-ortho nitro benzene ring substituents is 1. The van der Waals surface area contributed by atoms with Crippen LogP contribution in [0.1, 0.15) is 13.8 Å². The largest absolute Gasteiger partial charge is 0.462 e. The highest BCUT2D eigenvalue weighted by molar-refractivity contribution is 6.11. The molecule has 2 N–H and O–H groups in total. The van der Waals surface area contributed by atoms with E-state index in [1.807, 2.05) is 0 Å². The molecule has 120 valence electrons. The molecule has 0 spiro atoms. The van der Waals surface area contributed by atoms with Crippen LogP contribution in [0.4, 0.5) is 11.4 Å². The molecular weight excluding hydrogens is 300 g/mol. The van der Waals surface area contributed by atoms with Crippen LogP contribution < -0.4 is 10.9 Å². The highest BCUT2D eigenvalue weighted by Gasteiger charge is 2.26. The molecule has 0 aliphatic carbocycles. The van der Waals surface area contributed by atoms with Gasteiger partial charge in [-0.1, -0.05) is 12.6 Å². The van der Waals surface area contributed by atoms with Gasteiger partial charge in [-0.15, -0.1) is 0 Å². The third-order valence-electron chi connectivity index (χ3n) is 3.13. The van der Waals surface area contributed by atoms with E-state index in [0.29, 0.717) is 28.4 Å². The number of esters is 1. The van der Waals surface area contributed by atoms with E-state index < -0.39 is 10.9 Å². The van der Waals surface area contributed by atoms with E-state index in [0.717, 1.165) is 0 Å². The van der Waals surface area contributed by atoms with Crippen molar-refractivity contribution in [1.82, 2.24) is 5.43 Å². The van der Waals surface area contributed by atoms with Gasteiger partial charge < -0.3 is 4.74 Å². The van der Waals surface area contributed by atoms with Gasteiger partial charge in [0.15, 0.2) is 0 Å². The number of benzene rings is 1. The van der Waals surface area contributed by atoms with Crippen molar-refractivity contribution in [2.24, 2.45) is 4.99 Å². The Bertz CT molecular complexity index is 737. The predicted octanol–water partition coefficient (Wildman–Crippen LogP) is 2.32. The van der Waals surface area contributed by atoms with Gasteiger partial charge in [-0.2, -0.15) is 0 Å². The van der Waals surface area contributed by atoms with Crippen LogP contribution in [-0.4, -0.2) is 23.3 Å². The number of nitrogens with one attached hydrogen (secondary N) is 2. The van der Waals surface area contributed by atoms with Gasteiger partial charge in [0.25, 0.3) is 5.69 Å². The second-order valence-electron chi connectivity index (χ2n) is 4.69. The molecule has 8 nitrogen and oxygen atoms in total. The van der Waals surface area contributed by atoms with E-state index in [9.17, 15) is 14.9 Å². The number of carbonyl (C=O) groups is 1. The van der Waals surface area contributed by atoms with Gasteiger partial charge in [0.1, 0.15) is 5.84 Å². The molecule has 0 bridgehead atoms. The quantitative estimate of drug-likeness (QED) is 0.490. The number of hydrazine groups is 1. The lowest BCUT2D eigenvalue weighted by molar-refractivity contribution is -0.384. The molecule has 0 atom stereocenters. The molecule has 1 heterocycles. The molecule has 0 amide bonds. The summed E-state index contributed by atoms with van der Waals surface area (Å²) in [7, 11) is 0. The minimum Gasteiger partial charge on any atom is -0.462 e. The predicted molar refractivity (Wildman–Crippen MR) is 85.8 cm³/mol. The van der Waals surface area contributed by atoms with Crippen molar-refractivity contribution in [3.8, 4) is 0 Å². The number of carbonyl (C=O) groups excluding carboxylic acids is 1. The van der Waals surface area contributed by atoms with Gasteiger partial charge in [0.2, 0.25) is 0 Å². The van der Waals surface area contributed by atoms with E-state index in [4.69, 9.17) is 4.74 Å². The number of hydrogen-bond donors (Lipinski definition) is 2. The Morgan fingerprint density at radius 3 is 2.83 bits per heavy atom. The summed E-state index contributed by atoms with van der Waals surface area (Å²) in [6, 6.07) is 5.99. The van der Waals surface area contributed by atoms with E-state index in [-0.39, 0.29) is 12.3 Å². The number of nitrogens with zero attached hydrogens (tertiary/aromatic N) is 2. The lowest BCUT2D eigenvalue weighted by Gasteiger charge is -2.10. The van der Waals surface area contributed by atoms with Crippen molar-refractivity contribution in [2.45, 2.75) is 13.8 Å². The molecule has 23 heavy (non-hydrogen) atoms. The van der Waals surface area contributed by atoms with Crippen LogP contribution >= 0.6 is 0 Å². The smallest absolute Gasteiger partial charge is 0.340 e. The number of rotatable bonds is 5. The summed E-state index contributed by atoms with van der Waals surface area (Å²) >= 11 is 0. The van der Waals surface area contributed by atoms with Gasteiger partial charge in [0, 0.05) is 17.7 Å². The Kier molecular flexibility index (Phi) is 4.75.